The van der Waals surface area contributed by atoms with E-state index in [1.165, 1.54) is 0 Å². The summed E-state index contributed by atoms with van der Waals surface area (Å²) >= 11 is 0. The molecule has 0 bridgehead atoms. The van der Waals surface area contributed by atoms with Crippen LogP contribution < -0.4 is 5.32 Å². The van der Waals surface area contributed by atoms with Crippen LogP contribution in [0.25, 0.3) is 0 Å². The van der Waals surface area contributed by atoms with Crippen LogP contribution in [0.3, 0.4) is 0 Å². The van der Waals surface area contributed by atoms with Crippen molar-refractivity contribution in [1.82, 2.24) is 10.2 Å². The topological polar surface area (TPSA) is 15.3 Å². The van der Waals surface area contributed by atoms with E-state index in [-0.39, 0.29) is 6.54 Å². The van der Waals surface area contributed by atoms with Crippen molar-refractivity contribution < 1.29 is 13.2 Å². The Balaban J connectivity index is 2.09. The lowest BCUT2D eigenvalue weighted by Gasteiger charge is -2.32. The highest BCUT2D eigenvalue weighted by Crippen LogP contribution is 2.22. The van der Waals surface area contributed by atoms with Crippen molar-refractivity contribution >= 4 is 0 Å². The molecule has 108 valence electrons. The lowest BCUT2D eigenvalue weighted by Crippen LogP contribution is -2.39. The first-order chi connectivity index (χ1) is 8.37. The highest BCUT2D eigenvalue weighted by molar-refractivity contribution is 4.74. The molecule has 5 heteroatoms. The predicted octanol–water partition coefficient (Wildman–Crippen LogP) is 2.90. The van der Waals surface area contributed by atoms with Crippen LogP contribution in [0.2, 0.25) is 0 Å². The van der Waals surface area contributed by atoms with E-state index >= 15 is 0 Å². The average molecular weight is 266 g/mol. The Labute approximate surface area is 108 Å². The van der Waals surface area contributed by atoms with Gasteiger partial charge in [-0.15, -0.1) is 0 Å². The Morgan fingerprint density at radius 1 is 1.22 bits per heavy atom. The second-order valence-electron chi connectivity index (χ2n) is 5.70. The summed E-state index contributed by atoms with van der Waals surface area (Å²) in [6.07, 6.45) is -2.66. The molecular formula is C13H25F3N2. The zero-order valence-corrected chi connectivity index (χ0v) is 11.4. The van der Waals surface area contributed by atoms with Gasteiger partial charge in [0.1, 0.15) is 0 Å². The molecule has 1 aliphatic rings. The highest BCUT2D eigenvalue weighted by atomic mass is 19.4. The summed E-state index contributed by atoms with van der Waals surface area (Å²) in [7, 11) is 0. The molecule has 1 N–H and O–H groups in total. The second-order valence-corrected chi connectivity index (χ2v) is 5.70. The molecule has 0 aliphatic carbocycles. The molecule has 0 spiro atoms. The molecule has 1 heterocycles. The van der Waals surface area contributed by atoms with E-state index in [9.17, 15) is 13.2 Å². The maximum Gasteiger partial charge on any atom is 0.390 e. The molecule has 0 radical (unpaired) electrons. The number of halogens is 3. The molecule has 0 atom stereocenters. The third-order valence-electron chi connectivity index (χ3n) is 3.40. The Kier molecular flexibility index (Phi) is 6.43. The van der Waals surface area contributed by atoms with Gasteiger partial charge in [-0.1, -0.05) is 13.8 Å². The number of nitrogens with zero attached hydrogens (tertiary/aromatic N) is 1. The van der Waals surface area contributed by atoms with Crippen molar-refractivity contribution in [2.24, 2.45) is 11.8 Å². The van der Waals surface area contributed by atoms with E-state index in [4.69, 9.17) is 0 Å². The van der Waals surface area contributed by atoms with E-state index in [0.717, 1.165) is 39.0 Å². The summed E-state index contributed by atoms with van der Waals surface area (Å²) in [5.41, 5.74) is 0. The second kappa shape index (κ2) is 7.34. The third kappa shape index (κ3) is 7.21. The Bertz CT molecular complexity index is 221. The minimum atomic E-state index is -4.02. The van der Waals surface area contributed by atoms with Gasteiger partial charge in [0.2, 0.25) is 0 Å². The van der Waals surface area contributed by atoms with Crippen LogP contribution >= 0.6 is 0 Å². The van der Waals surface area contributed by atoms with Crippen LogP contribution in [0.15, 0.2) is 0 Å². The molecule has 0 unspecified atom stereocenters. The van der Waals surface area contributed by atoms with Crippen molar-refractivity contribution in [2.45, 2.75) is 39.3 Å². The van der Waals surface area contributed by atoms with Gasteiger partial charge in [-0.25, -0.2) is 0 Å². The molecule has 1 saturated heterocycles. The first kappa shape index (κ1) is 15.8. The lowest BCUT2D eigenvalue weighted by molar-refractivity contribution is -0.138. The number of nitrogens with one attached hydrogen (secondary N) is 1. The number of alkyl halides is 3. The highest BCUT2D eigenvalue weighted by Gasteiger charge is 2.28. The molecule has 0 aromatic rings. The van der Waals surface area contributed by atoms with Crippen LogP contribution in [-0.2, 0) is 0 Å². The molecule has 2 nitrogen and oxygen atoms in total. The Hall–Kier alpha value is -0.290. The summed E-state index contributed by atoms with van der Waals surface area (Å²) in [6, 6.07) is 0. The minimum Gasteiger partial charge on any atom is -0.316 e. The maximum atomic E-state index is 12.1. The van der Waals surface area contributed by atoms with E-state index in [1.54, 1.807) is 0 Å². The molecule has 18 heavy (non-hydrogen) atoms. The first-order valence-corrected chi connectivity index (χ1v) is 6.86. The van der Waals surface area contributed by atoms with Crippen LogP contribution in [0, 0.1) is 11.8 Å². The summed E-state index contributed by atoms with van der Waals surface area (Å²) in [6.45, 7) is 8.16. The zero-order valence-electron chi connectivity index (χ0n) is 11.4. The number of hydrogen-bond donors (Lipinski definition) is 1. The number of rotatable bonds is 6. The van der Waals surface area contributed by atoms with Crippen molar-refractivity contribution in [3.63, 3.8) is 0 Å². The van der Waals surface area contributed by atoms with E-state index in [0.29, 0.717) is 11.8 Å². The number of likely N-dealkylation sites (tertiary alicyclic amines) is 1. The van der Waals surface area contributed by atoms with Gasteiger partial charge in [0.25, 0.3) is 0 Å². The molecule has 0 amide bonds. The van der Waals surface area contributed by atoms with Crippen LogP contribution in [0.4, 0.5) is 13.2 Å². The number of hydrogen-bond acceptors (Lipinski definition) is 2. The van der Waals surface area contributed by atoms with Crippen LogP contribution in [0.1, 0.15) is 33.1 Å². The average Bonchev–Trinajstić information content (AvgIpc) is 2.26. The zero-order chi connectivity index (χ0) is 13.6. The minimum absolute atomic E-state index is 0.162. The van der Waals surface area contributed by atoms with Gasteiger partial charge in [-0.3, -0.25) is 0 Å². The normalized spacial score (nSPS) is 19.7. The third-order valence-corrected chi connectivity index (χ3v) is 3.40. The molecule has 0 saturated carbocycles. The van der Waals surface area contributed by atoms with Gasteiger partial charge < -0.3 is 10.2 Å². The van der Waals surface area contributed by atoms with Gasteiger partial charge in [0.05, 0.1) is 6.42 Å². The largest absolute Gasteiger partial charge is 0.390 e. The SMILES string of the molecule is CC(C)CNCC1CCN(CCC(F)(F)F)CC1. The molecular weight excluding hydrogens is 241 g/mol. The van der Waals surface area contributed by atoms with Crippen molar-refractivity contribution in [1.29, 1.82) is 0 Å². The van der Waals surface area contributed by atoms with Gasteiger partial charge in [0.15, 0.2) is 0 Å². The monoisotopic (exact) mass is 266 g/mol. The van der Waals surface area contributed by atoms with E-state index < -0.39 is 12.6 Å². The summed E-state index contributed by atoms with van der Waals surface area (Å²) < 4.78 is 36.3. The smallest absolute Gasteiger partial charge is 0.316 e. The van der Waals surface area contributed by atoms with Crippen LogP contribution in [0.5, 0.6) is 0 Å². The Morgan fingerprint density at radius 2 is 1.83 bits per heavy atom. The predicted molar refractivity (Wildman–Crippen MR) is 67.5 cm³/mol. The van der Waals surface area contributed by atoms with Crippen molar-refractivity contribution in [3.8, 4) is 0 Å². The van der Waals surface area contributed by atoms with Gasteiger partial charge in [-0.05, 0) is 50.9 Å². The number of piperidine rings is 1. The Morgan fingerprint density at radius 3 is 2.33 bits per heavy atom. The fourth-order valence-electron chi connectivity index (χ4n) is 2.28. The quantitative estimate of drug-likeness (QED) is 0.795. The fraction of sp³-hybridized carbons (Fsp3) is 1.00. The molecule has 0 aromatic carbocycles. The summed E-state index contributed by atoms with van der Waals surface area (Å²) in [5, 5.41) is 3.43. The molecule has 0 aromatic heterocycles. The molecule has 1 rings (SSSR count). The van der Waals surface area contributed by atoms with Crippen LogP contribution in [-0.4, -0.2) is 43.8 Å². The van der Waals surface area contributed by atoms with Gasteiger partial charge in [0, 0.05) is 6.54 Å². The fourth-order valence-corrected chi connectivity index (χ4v) is 2.28. The molecule has 1 aliphatic heterocycles. The summed E-state index contributed by atoms with van der Waals surface area (Å²) in [4.78, 5) is 1.94. The standard InChI is InChI=1S/C13H25F3N2/c1-11(2)9-17-10-12-3-6-18(7-4-12)8-5-13(14,15)16/h11-12,17H,3-10H2,1-2H3. The summed E-state index contributed by atoms with van der Waals surface area (Å²) in [5.74, 6) is 1.28. The molecule has 1 fully saturated rings. The van der Waals surface area contributed by atoms with Crippen molar-refractivity contribution in [3.05, 3.63) is 0 Å². The van der Waals surface area contributed by atoms with E-state index in [1.807, 2.05) is 4.90 Å². The van der Waals surface area contributed by atoms with E-state index in [2.05, 4.69) is 19.2 Å². The first-order valence-electron chi connectivity index (χ1n) is 6.86. The van der Waals surface area contributed by atoms with Gasteiger partial charge in [-0.2, -0.15) is 13.2 Å². The van der Waals surface area contributed by atoms with Crippen molar-refractivity contribution in [2.75, 3.05) is 32.7 Å². The lowest BCUT2D eigenvalue weighted by atomic mass is 9.96. The van der Waals surface area contributed by atoms with Gasteiger partial charge >= 0.3 is 6.18 Å². The maximum absolute atomic E-state index is 12.1.